The van der Waals surface area contributed by atoms with E-state index >= 15 is 0 Å². The Morgan fingerprint density at radius 2 is 1.88 bits per heavy atom. The number of carbonyl (C=O) groups is 2. The molecule has 1 aromatic carbocycles. The molecule has 1 atom stereocenters. The quantitative estimate of drug-likeness (QED) is 0.741. The third-order valence-electron chi connectivity index (χ3n) is 4.48. The lowest BCUT2D eigenvalue weighted by molar-refractivity contribution is -0.118. The van der Waals surface area contributed by atoms with Crippen LogP contribution in [0.4, 0.5) is 0 Å². The van der Waals surface area contributed by atoms with Crippen molar-refractivity contribution < 1.29 is 24.2 Å². The molecule has 1 aromatic rings. The third kappa shape index (κ3) is 5.11. The van der Waals surface area contributed by atoms with Crippen LogP contribution in [-0.2, 0) is 16.0 Å². The number of methoxy groups -OCH3 is 1. The number of hydrogen-bond acceptors (Lipinski definition) is 5. The molecule has 1 aliphatic heterocycles. The second-order valence-electron chi connectivity index (χ2n) is 6.50. The minimum atomic E-state index is -0.578. The van der Waals surface area contributed by atoms with Gasteiger partial charge in [0.05, 0.1) is 18.2 Å². The maximum atomic E-state index is 12.7. The average Bonchev–Trinajstić information content (AvgIpc) is 2.56. The van der Waals surface area contributed by atoms with E-state index in [4.69, 9.17) is 21.1 Å². The maximum Gasteiger partial charge on any atom is 0.342 e. The van der Waals surface area contributed by atoms with E-state index in [1.165, 1.54) is 13.2 Å². The summed E-state index contributed by atoms with van der Waals surface area (Å²) in [6.45, 7) is 1.85. The molecule has 0 spiro atoms. The summed E-state index contributed by atoms with van der Waals surface area (Å²) in [5, 5.41) is 10.0. The molecule has 5 nitrogen and oxygen atoms in total. The molecule has 0 aliphatic carbocycles. The smallest absolute Gasteiger partial charge is 0.342 e. The number of hydrogen-bond donors (Lipinski definition) is 1. The van der Waals surface area contributed by atoms with Crippen LogP contribution < -0.4 is 4.74 Å². The minimum absolute atomic E-state index is 0.000784. The van der Waals surface area contributed by atoms with Crippen molar-refractivity contribution in [3.63, 3.8) is 0 Å². The highest BCUT2D eigenvalue weighted by Crippen LogP contribution is 2.38. The van der Waals surface area contributed by atoms with Crippen LogP contribution in [0.2, 0.25) is 5.02 Å². The average molecular weight is 369 g/mol. The molecular formula is C19H25ClO5. The Bertz CT molecular complexity index is 641. The Labute approximate surface area is 153 Å². The molecule has 2 rings (SSSR count). The number of carbonyl (C=O) groups excluding carboxylic acids is 2. The Morgan fingerprint density at radius 3 is 2.60 bits per heavy atom. The summed E-state index contributed by atoms with van der Waals surface area (Å²) < 4.78 is 10.8. The Hall–Kier alpha value is -1.75. The molecule has 138 valence electrons. The van der Waals surface area contributed by atoms with Crippen LogP contribution in [-0.4, -0.2) is 30.1 Å². The number of aromatic hydroxyl groups is 1. The number of phenolic OH excluding ortho intramolecular Hbond substituents is 1. The van der Waals surface area contributed by atoms with Crippen molar-refractivity contribution in [2.75, 3.05) is 7.11 Å². The van der Waals surface area contributed by atoms with E-state index in [-0.39, 0.29) is 46.0 Å². The fraction of sp³-hybridized carbons (Fsp3) is 0.579. The first kappa shape index (κ1) is 19.6. The van der Waals surface area contributed by atoms with Crippen molar-refractivity contribution in [1.29, 1.82) is 0 Å². The normalized spacial score (nSPS) is 20.4. The highest BCUT2D eigenvalue weighted by molar-refractivity contribution is 6.33. The van der Waals surface area contributed by atoms with E-state index in [0.29, 0.717) is 6.42 Å². The molecule has 0 aromatic heterocycles. The van der Waals surface area contributed by atoms with Gasteiger partial charge in [-0.1, -0.05) is 30.9 Å². The second kappa shape index (κ2) is 9.09. The lowest BCUT2D eigenvalue weighted by Crippen LogP contribution is -2.19. The zero-order valence-corrected chi connectivity index (χ0v) is 15.5. The summed E-state index contributed by atoms with van der Waals surface area (Å²) in [7, 11) is 1.40. The van der Waals surface area contributed by atoms with E-state index in [0.717, 1.165) is 38.5 Å². The first-order chi connectivity index (χ1) is 11.9. The number of esters is 1. The van der Waals surface area contributed by atoms with Crippen LogP contribution in [0.3, 0.4) is 0 Å². The third-order valence-corrected chi connectivity index (χ3v) is 4.90. The summed E-state index contributed by atoms with van der Waals surface area (Å²) in [5.74, 6) is -0.652. The zero-order valence-electron chi connectivity index (χ0n) is 14.8. The SMILES string of the molecule is COc1cc(O)c(Cl)c2c1C(=O)O[C@@H](C)CCCCCCCC(=O)C2. The number of rotatable bonds is 1. The van der Waals surface area contributed by atoms with Crippen molar-refractivity contribution in [2.45, 2.75) is 64.4 Å². The first-order valence-electron chi connectivity index (χ1n) is 8.75. The van der Waals surface area contributed by atoms with Crippen molar-refractivity contribution in [3.05, 3.63) is 22.2 Å². The van der Waals surface area contributed by atoms with Crippen LogP contribution in [0.25, 0.3) is 0 Å². The second-order valence-corrected chi connectivity index (χ2v) is 6.88. The van der Waals surface area contributed by atoms with Gasteiger partial charge in [0.1, 0.15) is 22.8 Å². The Balaban J connectivity index is 2.44. The monoisotopic (exact) mass is 368 g/mol. The predicted molar refractivity (Wildman–Crippen MR) is 95.6 cm³/mol. The number of Topliss-reactive ketones (excluding diaryl/α,β-unsaturated/α-hetero) is 1. The van der Waals surface area contributed by atoms with Gasteiger partial charge >= 0.3 is 5.97 Å². The summed E-state index contributed by atoms with van der Waals surface area (Å²) in [6, 6.07) is 1.28. The lowest BCUT2D eigenvalue weighted by Gasteiger charge is -2.19. The molecule has 1 heterocycles. The topological polar surface area (TPSA) is 72.8 Å². The van der Waals surface area contributed by atoms with Crippen LogP contribution in [0, 0.1) is 0 Å². The van der Waals surface area contributed by atoms with Gasteiger partial charge in [-0.3, -0.25) is 4.79 Å². The summed E-state index contributed by atoms with van der Waals surface area (Å²) in [4.78, 5) is 25.0. The van der Waals surface area contributed by atoms with Gasteiger partial charge in [0, 0.05) is 24.5 Å². The molecular weight excluding hydrogens is 344 g/mol. The Morgan fingerprint density at radius 1 is 1.20 bits per heavy atom. The highest BCUT2D eigenvalue weighted by Gasteiger charge is 2.26. The highest BCUT2D eigenvalue weighted by atomic mass is 35.5. The van der Waals surface area contributed by atoms with Crippen LogP contribution >= 0.6 is 11.6 Å². The van der Waals surface area contributed by atoms with E-state index in [1.807, 2.05) is 6.92 Å². The van der Waals surface area contributed by atoms with Crippen molar-refractivity contribution >= 4 is 23.4 Å². The fourth-order valence-electron chi connectivity index (χ4n) is 3.09. The van der Waals surface area contributed by atoms with E-state index in [1.54, 1.807) is 0 Å². The fourth-order valence-corrected chi connectivity index (χ4v) is 3.31. The van der Waals surface area contributed by atoms with Crippen molar-refractivity contribution in [2.24, 2.45) is 0 Å². The molecule has 1 aliphatic rings. The molecule has 25 heavy (non-hydrogen) atoms. The molecule has 0 saturated carbocycles. The zero-order chi connectivity index (χ0) is 18.4. The van der Waals surface area contributed by atoms with Gasteiger partial charge in [-0.05, 0) is 26.2 Å². The number of benzene rings is 1. The predicted octanol–water partition coefficient (Wildman–Crippen LogP) is 4.46. The van der Waals surface area contributed by atoms with Crippen LogP contribution in [0.15, 0.2) is 6.07 Å². The van der Waals surface area contributed by atoms with Gasteiger partial charge in [0.15, 0.2) is 0 Å². The van der Waals surface area contributed by atoms with Gasteiger partial charge in [-0.25, -0.2) is 4.79 Å². The van der Waals surface area contributed by atoms with E-state index in [9.17, 15) is 14.7 Å². The first-order valence-corrected chi connectivity index (χ1v) is 9.12. The van der Waals surface area contributed by atoms with Crippen molar-refractivity contribution in [1.82, 2.24) is 0 Å². The molecule has 0 bridgehead atoms. The number of phenols is 1. The molecule has 0 radical (unpaired) electrons. The summed E-state index contributed by atoms with van der Waals surface area (Å²) in [6.07, 6.45) is 5.89. The number of halogens is 1. The largest absolute Gasteiger partial charge is 0.506 e. The number of fused-ring (bicyclic) bond motifs is 1. The summed E-state index contributed by atoms with van der Waals surface area (Å²) in [5.41, 5.74) is 0.403. The van der Waals surface area contributed by atoms with Gasteiger partial charge in [-0.15, -0.1) is 0 Å². The standard InChI is InChI=1S/C19H25ClO5/c1-12-8-6-4-3-5-7-9-13(21)10-14-17(19(23)25-12)16(24-2)11-15(22)18(14)20/h11-12,22H,3-10H2,1-2H3/t12-/m0/s1. The van der Waals surface area contributed by atoms with E-state index < -0.39 is 5.97 Å². The van der Waals surface area contributed by atoms with Gasteiger partial charge < -0.3 is 14.6 Å². The van der Waals surface area contributed by atoms with Crippen LogP contribution in [0.1, 0.15) is 67.8 Å². The Kier molecular flexibility index (Phi) is 7.12. The maximum absolute atomic E-state index is 12.7. The van der Waals surface area contributed by atoms with Crippen molar-refractivity contribution in [3.8, 4) is 11.5 Å². The van der Waals surface area contributed by atoms with Crippen LogP contribution in [0.5, 0.6) is 11.5 Å². The minimum Gasteiger partial charge on any atom is -0.506 e. The molecule has 6 heteroatoms. The van der Waals surface area contributed by atoms with Gasteiger partial charge in [0.2, 0.25) is 0 Å². The van der Waals surface area contributed by atoms with Gasteiger partial charge in [0.25, 0.3) is 0 Å². The summed E-state index contributed by atoms with van der Waals surface area (Å²) >= 11 is 6.19. The number of cyclic esters (lactones) is 1. The number of ether oxygens (including phenoxy) is 2. The molecule has 0 unspecified atom stereocenters. The lowest BCUT2D eigenvalue weighted by atomic mass is 9.97. The molecule has 0 fully saturated rings. The van der Waals surface area contributed by atoms with E-state index in [2.05, 4.69) is 0 Å². The van der Waals surface area contributed by atoms with Gasteiger partial charge in [-0.2, -0.15) is 0 Å². The number of ketones is 1. The molecule has 1 N–H and O–H groups in total. The molecule has 0 saturated heterocycles. The molecule has 0 amide bonds.